The molecule has 1 aliphatic rings. The van der Waals surface area contributed by atoms with Crippen LogP contribution in [0.2, 0.25) is 0 Å². The maximum atomic E-state index is 5.72. The molecule has 112 valence electrons. The van der Waals surface area contributed by atoms with Gasteiger partial charge in [0.25, 0.3) is 0 Å². The fourth-order valence-electron chi connectivity index (χ4n) is 2.75. The average Bonchev–Trinajstić information content (AvgIpc) is 2.45. The highest BCUT2D eigenvalue weighted by Gasteiger charge is 2.24. The molecule has 1 aromatic rings. The molecule has 1 aliphatic carbocycles. The predicted molar refractivity (Wildman–Crippen MR) is 79.7 cm³/mol. The lowest BCUT2D eigenvalue weighted by molar-refractivity contribution is 0.290. The third-order valence-electron chi connectivity index (χ3n) is 3.82. The Bertz CT molecular complexity index is 426. The van der Waals surface area contributed by atoms with Crippen LogP contribution in [0.5, 0.6) is 6.01 Å². The molecule has 0 aliphatic heterocycles. The zero-order chi connectivity index (χ0) is 14.4. The van der Waals surface area contributed by atoms with E-state index in [-0.39, 0.29) is 5.95 Å². The summed E-state index contributed by atoms with van der Waals surface area (Å²) in [6.07, 6.45) is 7.10. The number of nitrogens with two attached hydrogens (primary N) is 1. The maximum absolute atomic E-state index is 5.72. The van der Waals surface area contributed by atoms with Crippen LogP contribution in [0.4, 0.5) is 11.9 Å². The van der Waals surface area contributed by atoms with Gasteiger partial charge in [-0.1, -0.05) is 33.1 Å². The summed E-state index contributed by atoms with van der Waals surface area (Å²) in [5.41, 5.74) is 5.72. The molecule has 2 rings (SSSR count). The minimum absolute atomic E-state index is 0.206. The molecule has 3 N–H and O–H groups in total. The van der Waals surface area contributed by atoms with Crippen molar-refractivity contribution in [2.75, 3.05) is 17.7 Å². The molecule has 1 aromatic heterocycles. The van der Waals surface area contributed by atoms with Crippen molar-refractivity contribution in [3.8, 4) is 6.01 Å². The van der Waals surface area contributed by atoms with Crippen LogP contribution in [-0.2, 0) is 0 Å². The molecule has 0 amide bonds. The van der Waals surface area contributed by atoms with Gasteiger partial charge in [-0.2, -0.15) is 15.0 Å². The molecule has 0 bridgehead atoms. The third-order valence-corrected chi connectivity index (χ3v) is 3.82. The number of rotatable bonds is 6. The third kappa shape index (κ3) is 3.95. The second-order valence-electron chi connectivity index (χ2n) is 5.35. The minimum atomic E-state index is 0.206. The van der Waals surface area contributed by atoms with E-state index >= 15 is 0 Å². The lowest BCUT2D eigenvalue weighted by atomic mass is 9.83. The predicted octanol–water partition coefficient (Wildman–Crippen LogP) is 2.62. The van der Waals surface area contributed by atoms with Crippen LogP contribution in [0.3, 0.4) is 0 Å². The monoisotopic (exact) mass is 279 g/mol. The molecule has 6 heteroatoms. The molecule has 1 saturated carbocycles. The molecule has 1 fully saturated rings. The fourth-order valence-corrected chi connectivity index (χ4v) is 2.75. The van der Waals surface area contributed by atoms with Gasteiger partial charge in [-0.05, 0) is 25.2 Å². The number of anilines is 2. The molecule has 2 atom stereocenters. The van der Waals surface area contributed by atoms with Crippen molar-refractivity contribution in [2.24, 2.45) is 5.92 Å². The summed E-state index contributed by atoms with van der Waals surface area (Å²) in [6.45, 7) is 4.86. The quantitative estimate of drug-likeness (QED) is 0.832. The van der Waals surface area contributed by atoms with Gasteiger partial charge >= 0.3 is 6.01 Å². The zero-order valence-electron chi connectivity index (χ0n) is 12.4. The number of hydrogen-bond acceptors (Lipinski definition) is 6. The van der Waals surface area contributed by atoms with Crippen molar-refractivity contribution in [1.82, 2.24) is 15.0 Å². The first-order valence-electron chi connectivity index (χ1n) is 7.63. The van der Waals surface area contributed by atoms with E-state index in [9.17, 15) is 0 Å². The highest BCUT2D eigenvalue weighted by Crippen LogP contribution is 2.28. The van der Waals surface area contributed by atoms with E-state index in [1.165, 1.54) is 25.7 Å². The Kier molecular flexibility index (Phi) is 5.38. The van der Waals surface area contributed by atoms with E-state index in [0.717, 1.165) is 12.8 Å². The molecule has 20 heavy (non-hydrogen) atoms. The zero-order valence-corrected chi connectivity index (χ0v) is 12.4. The molecule has 0 spiro atoms. The van der Waals surface area contributed by atoms with E-state index in [1.807, 2.05) is 6.92 Å². The fraction of sp³-hybridized carbons (Fsp3) is 0.786. The molecule has 0 radical (unpaired) electrons. The first-order valence-corrected chi connectivity index (χ1v) is 7.63. The second kappa shape index (κ2) is 7.26. The van der Waals surface area contributed by atoms with Gasteiger partial charge in [-0.3, -0.25) is 0 Å². The van der Waals surface area contributed by atoms with Gasteiger partial charge < -0.3 is 15.8 Å². The largest absolute Gasteiger partial charge is 0.463 e. The van der Waals surface area contributed by atoms with Crippen LogP contribution < -0.4 is 15.8 Å². The number of hydrogen-bond donors (Lipinski definition) is 2. The Labute approximate surface area is 120 Å². The number of nitrogens with zero attached hydrogens (tertiary/aromatic N) is 3. The van der Waals surface area contributed by atoms with Crippen molar-refractivity contribution in [1.29, 1.82) is 0 Å². The lowest BCUT2D eigenvalue weighted by Gasteiger charge is -2.31. The molecule has 0 saturated heterocycles. The Morgan fingerprint density at radius 1 is 1.20 bits per heavy atom. The first-order chi connectivity index (χ1) is 9.72. The summed E-state index contributed by atoms with van der Waals surface area (Å²) in [5.74, 6) is 1.42. The van der Waals surface area contributed by atoms with Crippen LogP contribution in [-0.4, -0.2) is 27.6 Å². The summed E-state index contributed by atoms with van der Waals surface area (Å²) >= 11 is 0. The van der Waals surface area contributed by atoms with Gasteiger partial charge in [0, 0.05) is 6.04 Å². The number of ether oxygens (including phenoxy) is 1. The molecule has 0 aromatic carbocycles. The van der Waals surface area contributed by atoms with Crippen LogP contribution in [0.1, 0.15) is 52.4 Å². The maximum Gasteiger partial charge on any atom is 0.323 e. The highest BCUT2D eigenvalue weighted by molar-refractivity contribution is 5.33. The van der Waals surface area contributed by atoms with Crippen molar-refractivity contribution in [3.05, 3.63) is 0 Å². The van der Waals surface area contributed by atoms with Crippen molar-refractivity contribution in [3.63, 3.8) is 0 Å². The number of aromatic nitrogens is 3. The van der Waals surface area contributed by atoms with Gasteiger partial charge in [-0.15, -0.1) is 0 Å². The van der Waals surface area contributed by atoms with Gasteiger partial charge in [0.05, 0.1) is 6.61 Å². The Hall–Kier alpha value is -1.59. The summed E-state index contributed by atoms with van der Waals surface area (Å²) in [6, 6.07) is 0.736. The van der Waals surface area contributed by atoms with Crippen molar-refractivity contribution >= 4 is 11.9 Å². The standard InChI is InChI=1S/C14H25N5O/c1-3-9-20-14-18-12(15)17-13(19-14)16-11-8-6-5-7-10(11)4-2/h10-11H,3-9H2,1-2H3,(H3,15,16,17,18,19). The van der Waals surface area contributed by atoms with Gasteiger partial charge in [0.15, 0.2) is 0 Å². The summed E-state index contributed by atoms with van der Waals surface area (Å²) in [4.78, 5) is 12.5. The van der Waals surface area contributed by atoms with Gasteiger partial charge in [0.2, 0.25) is 11.9 Å². The first kappa shape index (κ1) is 14.8. The van der Waals surface area contributed by atoms with E-state index in [1.54, 1.807) is 0 Å². The molecule has 1 heterocycles. The van der Waals surface area contributed by atoms with Crippen molar-refractivity contribution in [2.45, 2.75) is 58.4 Å². The lowest BCUT2D eigenvalue weighted by Crippen LogP contribution is -2.32. The summed E-state index contributed by atoms with van der Waals surface area (Å²) < 4.78 is 5.44. The van der Waals surface area contributed by atoms with Crippen LogP contribution in [0.25, 0.3) is 0 Å². The Morgan fingerprint density at radius 3 is 2.75 bits per heavy atom. The highest BCUT2D eigenvalue weighted by atomic mass is 16.5. The normalized spacial score (nSPS) is 22.5. The average molecular weight is 279 g/mol. The Morgan fingerprint density at radius 2 is 2.00 bits per heavy atom. The van der Waals surface area contributed by atoms with Crippen LogP contribution in [0, 0.1) is 5.92 Å². The van der Waals surface area contributed by atoms with Gasteiger partial charge in [0.1, 0.15) is 0 Å². The van der Waals surface area contributed by atoms with E-state index < -0.39 is 0 Å². The van der Waals surface area contributed by atoms with E-state index in [0.29, 0.717) is 30.5 Å². The number of nitrogens with one attached hydrogen (secondary N) is 1. The van der Waals surface area contributed by atoms with E-state index in [4.69, 9.17) is 10.5 Å². The SMILES string of the molecule is CCCOc1nc(N)nc(NC2CCCCC2CC)n1. The minimum Gasteiger partial charge on any atom is -0.463 e. The molecule has 6 nitrogen and oxygen atoms in total. The van der Waals surface area contributed by atoms with Crippen LogP contribution >= 0.6 is 0 Å². The van der Waals surface area contributed by atoms with Gasteiger partial charge in [-0.25, -0.2) is 0 Å². The summed E-state index contributed by atoms with van der Waals surface area (Å²) in [5, 5.41) is 3.42. The molecular formula is C14H25N5O. The molecular weight excluding hydrogens is 254 g/mol. The second-order valence-corrected chi connectivity index (χ2v) is 5.35. The topological polar surface area (TPSA) is 86.0 Å². The smallest absolute Gasteiger partial charge is 0.323 e. The number of nitrogen functional groups attached to an aromatic ring is 1. The summed E-state index contributed by atoms with van der Waals surface area (Å²) in [7, 11) is 0. The Balaban J connectivity index is 2.05. The molecule has 2 unspecified atom stereocenters. The van der Waals surface area contributed by atoms with Crippen LogP contribution in [0.15, 0.2) is 0 Å². The van der Waals surface area contributed by atoms with Crippen molar-refractivity contribution < 1.29 is 4.74 Å². The van der Waals surface area contributed by atoms with E-state index in [2.05, 4.69) is 27.2 Å².